The van der Waals surface area contributed by atoms with Crippen LogP contribution in [0.25, 0.3) is 11.1 Å². The summed E-state index contributed by atoms with van der Waals surface area (Å²) >= 11 is 0. The van der Waals surface area contributed by atoms with Gasteiger partial charge in [0.15, 0.2) is 11.4 Å². The maximum atomic E-state index is 13.3. The monoisotopic (exact) mass is 426 g/mol. The molecule has 2 aliphatic rings. The lowest BCUT2D eigenvalue weighted by molar-refractivity contribution is -0.137. The number of hydrogen-bond acceptors (Lipinski definition) is 6. The summed E-state index contributed by atoms with van der Waals surface area (Å²) in [5.41, 5.74) is 1.83. The molecule has 0 bridgehead atoms. The summed E-state index contributed by atoms with van der Waals surface area (Å²) in [7, 11) is 0. The first-order valence-corrected chi connectivity index (χ1v) is 9.79. The number of carbonyl (C=O) groups is 1. The summed E-state index contributed by atoms with van der Waals surface area (Å²) in [4.78, 5) is 21.5. The van der Waals surface area contributed by atoms with Crippen molar-refractivity contribution in [3.63, 3.8) is 0 Å². The van der Waals surface area contributed by atoms with Gasteiger partial charge in [0, 0.05) is 17.7 Å². The minimum absolute atomic E-state index is 0.110. The maximum Gasteiger partial charge on any atom is 0.416 e. The molecule has 9 heteroatoms. The van der Waals surface area contributed by atoms with Gasteiger partial charge < -0.3 is 9.73 Å². The van der Waals surface area contributed by atoms with Crippen molar-refractivity contribution in [2.45, 2.75) is 31.5 Å². The van der Waals surface area contributed by atoms with Crippen LogP contribution in [0.2, 0.25) is 0 Å². The van der Waals surface area contributed by atoms with Crippen LogP contribution in [-0.2, 0) is 11.0 Å². The van der Waals surface area contributed by atoms with E-state index < -0.39 is 17.8 Å². The van der Waals surface area contributed by atoms with E-state index in [1.54, 1.807) is 18.2 Å². The van der Waals surface area contributed by atoms with E-state index in [0.717, 1.165) is 12.1 Å². The molecule has 2 aromatic carbocycles. The molecule has 1 aliphatic heterocycles. The van der Waals surface area contributed by atoms with Gasteiger partial charge in [0.05, 0.1) is 5.56 Å². The summed E-state index contributed by atoms with van der Waals surface area (Å²) in [6.45, 7) is 0. The summed E-state index contributed by atoms with van der Waals surface area (Å²) < 4.78 is 45.4. The third-order valence-electron chi connectivity index (χ3n) is 5.31. The highest BCUT2D eigenvalue weighted by atomic mass is 19.4. The lowest BCUT2D eigenvalue weighted by Crippen LogP contribution is -2.38. The van der Waals surface area contributed by atoms with Crippen molar-refractivity contribution in [3.8, 4) is 0 Å². The minimum Gasteiger partial charge on any atom is -0.423 e. The molecule has 0 fully saturated rings. The third-order valence-corrected chi connectivity index (χ3v) is 5.31. The lowest BCUT2D eigenvalue weighted by atomic mass is 9.85. The Morgan fingerprint density at radius 1 is 1.10 bits per heavy atom. The molecule has 1 atom stereocenters. The van der Waals surface area contributed by atoms with Gasteiger partial charge in [-0.05, 0) is 42.7 Å². The quantitative estimate of drug-likeness (QED) is 0.605. The van der Waals surface area contributed by atoms with Crippen LogP contribution in [-0.4, -0.2) is 16.7 Å². The van der Waals surface area contributed by atoms with E-state index in [1.165, 1.54) is 6.07 Å². The zero-order valence-corrected chi connectivity index (χ0v) is 16.2. The maximum absolute atomic E-state index is 13.3. The fourth-order valence-electron chi connectivity index (χ4n) is 3.90. The number of ketones is 1. The second kappa shape index (κ2) is 7.26. The highest BCUT2D eigenvalue weighted by molar-refractivity contribution is 6.03. The van der Waals surface area contributed by atoms with Gasteiger partial charge in [0.1, 0.15) is 11.6 Å². The average molecular weight is 426 g/mol. The number of guanidine groups is 1. The molecular weight excluding hydrogens is 409 g/mol. The molecule has 0 saturated carbocycles. The van der Waals surface area contributed by atoms with Crippen LogP contribution in [0, 0.1) is 0 Å². The van der Waals surface area contributed by atoms with Crippen molar-refractivity contribution < 1.29 is 22.4 Å². The van der Waals surface area contributed by atoms with Crippen LogP contribution >= 0.6 is 0 Å². The molecule has 0 saturated heterocycles. The normalized spacial score (nSPS) is 19.1. The molecular formula is C22H17F3N4O2. The van der Waals surface area contributed by atoms with Gasteiger partial charge in [-0.25, -0.2) is 4.99 Å². The number of oxazole rings is 1. The first-order valence-electron chi connectivity index (χ1n) is 9.79. The van der Waals surface area contributed by atoms with Gasteiger partial charge in [-0.15, -0.1) is 0 Å². The van der Waals surface area contributed by atoms with Crippen molar-refractivity contribution in [1.29, 1.82) is 0 Å². The van der Waals surface area contributed by atoms with E-state index in [2.05, 4.69) is 20.6 Å². The molecule has 1 unspecified atom stereocenters. The molecule has 2 heterocycles. The molecule has 0 amide bonds. The first-order chi connectivity index (χ1) is 14.9. The fraction of sp³-hybridized carbons (Fsp3) is 0.227. The van der Waals surface area contributed by atoms with Crippen molar-refractivity contribution >= 4 is 28.9 Å². The number of rotatable bonds is 2. The lowest BCUT2D eigenvalue weighted by Gasteiger charge is -2.30. The highest BCUT2D eigenvalue weighted by Crippen LogP contribution is 2.38. The Morgan fingerprint density at radius 2 is 1.94 bits per heavy atom. The third kappa shape index (κ3) is 3.67. The van der Waals surface area contributed by atoms with Gasteiger partial charge >= 0.3 is 12.2 Å². The molecule has 158 valence electrons. The largest absolute Gasteiger partial charge is 0.423 e. The van der Waals surface area contributed by atoms with E-state index in [0.29, 0.717) is 47.2 Å². The van der Waals surface area contributed by atoms with Crippen LogP contribution in [0.15, 0.2) is 69.2 Å². The highest BCUT2D eigenvalue weighted by Gasteiger charge is 2.35. The SMILES string of the molecule is O=C1CCCC2=C1C(c1cccc(C(F)(F)F)c1)N=C(Nc1nc3ccccc3o1)N2. The topological polar surface area (TPSA) is 79.5 Å². The predicted octanol–water partition coefficient (Wildman–Crippen LogP) is 4.97. The predicted molar refractivity (Wildman–Crippen MR) is 108 cm³/mol. The number of fused-ring (bicyclic) bond motifs is 1. The summed E-state index contributed by atoms with van der Waals surface area (Å²) in [5, 5.41) is 6.05. The number of alkyl halides is 3. The fourth-order valence-corrected chi connectivity index (χ4v) is 3.90. The van der Waals surface area contributed by atoms with E-state index in [-0.39, 0.29) is 17.8 Å². The van der Waals surface area contributed by atoms with Crippen LogP contribution in [0.3, 0.4) is 0 Å². The molecule has 1 aliphatic carbocycles. The standard InChI is InChI=1S/C22H17F3N4O2/c23-22(24,25)13-6-3-5-12(11-13)19-18-15(8-4-9-16(18)30)26-20(28-19)29-21-27-14-7-1-2-10-17(14)31-21/h1-3,5-7,10-11,19H,4,8-9H2,(H2,26,27,28,29). The Hall–Kier alpha value is -3.62. The minimum atomic E-state index is -4.49. The molecule has 2 N–H and O–H groups in total. The van der Waals surface area contributed by atoms with Gasteiger partial charge in [-0.1, -0.05) is 24.3 Å². The number of benzene rings is 2. The Labute approximate surface area is 174 Å². The number of carbonyl (C=O) groups excluding carboxylic acids is 1. The Bertz CT molecular complexity index is 1210. The van der Waals surface area contributed by atoms with Gasteiger partial charge in [0.2, 0.25) is 5.96 Å². The zero-order chi connectivity index (χ0) is 21.6. The number of hydrogen-bond donors (Lipinski definition) is 2. The molecule has 6 nitrogen and oxygen atoms in total. The van der Waals surface area contributed by atoms with Crippen molar-refractivity contribution in [2.24, 2.45) is 4.99 Å². The van der Waals surface area contributed by atoms with Gasteiger partial charge in [-0.3, -0.25) is 10.1 Å². The van der Waals surface area contributed by atoms with Gasteiger partial charge in [-0.2, -0.15) is 18.2 Å². The number of nitrogens with zero attached hydrogens (tertiary/aromatic N) is 2. The number of aliphatic imine (C=N–C) groups is 1. The van der Waals surface area contributed by atoms with E-state index >= 15 is 0 Å². The van der Waals surface area contributed by atoms with Crippen LogP contribution in [0.1, 0.15) is 36.4 Å². The molecule has 5 rings (SSSR count). The number of nitrogens with one attached hydrogen (secondary N) is 2. The van der Waals surface area contributed by atoms with E-state index in [1.807, 2.05) is 12.1 Å². The van der Waals surface area contributed by atoms with Crippen LogP contribution < -0.4 is 10.6 Å². The summed E-state index contributed by atoms with van der Waals surface area (Å²) in [5.74, 6) is 0.156. The van der Waals surface area contributed by atoms with Crippen LogP contribution in [0.4, 0.5) is 19.2 Å². The van der Waals surface area contributed by atoms with E-state index in [9.17, 15) is 18.0 Å². The second-order valence-corrected chi connectivity index (χ2v) is 7.41. The van der Waals surface area contributed by atoms with Crippen molar-refractivity contribution in [1.82, 2.24) is 10.3 Å². The first kappa shape index (κ1) is 19.3. The average Bonchev–Trinajstić information content (AvgIpc) is 3.15. The Balaban J connectivity index is 1.54. The molecule has 0 spiro atoms. The number of Topliss-reactive ketones (excluding diaryl/α,β-unsaturated/α-hetero) is 1. The summed E-state index contributed by atoms with van der Waals surface area (Å²) in [6, 6.07) is 11.5. The number of anilines is 1. The van der Waals surface area contributed by atoms with Gasteiger partial charge in [0.25, 0.3) is 0 Å². The van der Waals surface area contributed by atoms with E-state index in [4.69, 9.17) is 4.42 Å². The Morgan fingerprint density at radius 3 is 2.74 bits per heavy atom. The van der Waals surface area contributed by atoms with Crippen molar-refractivity contribution in [2.75, 3.05) is 5.32 Å². The van der Waals surface area contributed by atoms with Crippen molar-refractivity contribution in [3.05, 3.63) is 70.9 Å². The zero-order valence-electron chi connectivity index (χ0n) is 16.2. The number of para-hydroxylation sites is 2. The van der Waals surface area contributed by atoms with Crippen LogP contribution in [0.5, 0.6) is 0 Å². The molecule has 1 aromatic heterocycles. The second-order valence-electron chi connectivity index (χ2n) is 7.41. The number of aromatic nitrogens is 1. The number of halogens is 3. The number of allylic oxidation sites excluding steroid dienone is 1. The smallest absolute Gasteiger partial charge is 0.416 e. The molecule has 0 radical (unpaired) electrons. The summed E-state index contributed by atoms with van der Waals surface area (Å²) in [6.07, 6.45) is -2.87. The molecule has 3 aromatic rings. The Kier molecular flexibility index (Phi) is 4.53. The molecule has 31 heavy (non-hydrogen) atoms.